The van der Waals surface area contributed by atoms with Gasteiger partial charge in [0.25, 0.3) is 5.91 Å². The normalized spacial score (nSPS) is 11.0. The molecule has 0 aliphatic carbocycles. The highest BCUT2D eigenvalue weighted by molar-refractivity contribution is 7.14. The van der Waals surface area contributed by atoms with Gasteiger partial charge in [-0.1, -0.05) is 29.8 Å². The molecule has 2 aromatic heterocycles. The molecule has 4 rings (SSSR count). The van der Waals surface area contributed by atoms with Crippen LogP contribution in [0.1, 0.15) is 22.8 Å². The number of hydrogen-bond acceptors (Lipinski definition) is 5. The average molecular weight is 406 g/mol. The smallest absolute Gasteiger partial charge is 0.316 e. The predicted molar refractivity (Wildman–Crippen MR) is 115 cm³/mol. The number of hydrogen-bond donors (Lipinski definition) is 2. The Morgan fingerprint density at radius 2 is 1.93 bits per heavy atom. The summed E-state index contributed by atoms with van der Waals surface area (Å²) in [4.78, 5) is 43.5. The van der Waals surface area contributed by atoms with Crippen molar-refractivity contribution in [2.45, 2.75) is 20.4 Å². The fraction of sp³-hybridized carbons (Fsp3) is 0.143. The van der Waals surface area contributed by atoms with E-state index in [1.165, 1.54) is 21.5 Å². The number of thiazole rings is 1. The number of anilines is 1. The molecule has 29 heavy (non-hydrogen) atoms. The second-order valence-electron chi connectivity index (χ2n) is 6.59. The standard InChI is InChI=1S/C21H18N4O3S/c1-3-25-17-9-8-14(10-15(17)22-19(27)20(25)28)18(26)24-21-23-16(11-29-21)13-6-4-12(2)5-7-13/h4-11H,3H2,1-2H3,(H,22,27)(H,23,24,26). The number of carbonyl (C=O) groups excluding carboxylic acids is 1. The van der Waals surface area contributed by atoms with Crippen molar-refractivity contribution in [3.8, 4) is 11.3 Å². The molecule has 0 unspecified atom stereocenters. The number of rotatable bonds is 4. The first-order valence-corrected chi connectivity index (χ1v) is 9.95. The van der Waals surface area contributed by atoms with E-state index in [1.54, 1.807) is 25.1 Å². The van der Waals surface area contributed by atoms with Crippen molar-refractivity contribution in [3.05, 3.63) is 79.7 Å². The molecule has 0 fully saturated rings. The van der Waals surface area contributed by atoms with Crippen LogP contribution in [0.3, 0.4) is 0 Å². The van der Waals surface area contributed by atoms with Gasteiger partial charge < -0.3 is 9.55 Å². The van der Waals surface area contributed by atoms with Crippen LogP contribution in [0.15, 0.2) is 57.4 Å². The Hall–Kier alpha value is -3.52. The molecule has 0 spiro atoms. The Labute approximate surface area is 169 Å². The van der Waals surface area contributed by atoms with Crippen LogP contribution < -0.4 is 16.4 Å². The first-order chi connectivity index (χ1) is 14.0. The third-order valence-electron chi connectivity index (χ3n) is 4.63. The first-order valence-electron chi connectivity index (χ1n) is 9.07. The maximum atomic E-state index is 12.6. The summed E-state index contributed by atoms with van der Waals surface area (Å²) in [6.45, 7) is 4.17. The quantitative estimate of drug-likeness (QED) is 0.508. The molecule has 0 atom stereocenters. The Morgan fingerprint density at radius 3 is 2.66 bits per heavy atom. The van der Waals surface area contributed by atoms with Crippen LogP contribution >= 0.6 is 11.3 Å². The molecule has 8 heteroatoms. The lowest BCUT2D eigenvalue weighted by molar-refractivity contribution is 0.102. The summed E-state index contributed by atoms with van der Waals surface area (Å²) >= 11 is 1.34. The third kappa shape index (κ3) is 3.62. The number of amides is 1. The zero-order valence-electron chi connectivity index (χ0n) is 15.9. The monoisotopic (exact) mass is 406 g/mol. The van der Waals surface area contributed by atoms with Crippen molar-refractivity contribution in [1.82, 2.24) is 14.5 Å². The van der Waals surface area contributed by atoms with Gasteiger partial charge >= 0.3 is 11.1 Å². The lowest BCUT2D eigenvalue weighted by Gasteiger charge is -2.08. The van der Waals surface area contributed by atoms with Gasteiger partial charge in [-0.25, -0.2) is 4.98 Å². The van der Waals surface area contributed by atoms with E-state index in [9.17, 15) is 14.4 Å². The molecule has 0 saturated carbocycles. The number of H-pyrrole nitrogens is 1. The number of nitrogens with zero attached hydrogens (tertiary/aromatic N) is 2. The number of aromatic amines is 1. The zero-order valence-corrected chi connectivity index (χ0v) is 16.7. The summed E-state index contributed by atoms with van der Waals surface area (Å²) in [7, 11) is 0. The molecule has 1 amide bonds. The Balaban J connectivity index is 1.61. The SMILES string of the molecule is CCn1c(=O)c(=O)[nH]c2cc(C(=O)Nc3nc(-c4ccc(C)cc4)cs3)ccc21. The highest BCUT2D eigenvalue weighted by atomic mass is 32.1. The number of aryl methyl sites for hydroxylation is 2. The van der Waals surface area contributed by atoms with Crippen LogP contribution in [-0.4, -0.2) is 20.4 Å². The first kappa shape index (κ1) is 18.8. The molecule has 0 saturated heterocycles. The van der Waals surface area contributed by atoms with Gasteiger partial charge in [-0.15, -0.1) is 11.3 Å². The van der Waals surface area contributed by atoms with Gasteiger partial charge in [0, 0.05) is 23.1 Å². The van der Waals surface area contributed by atoms with Gasteiger partial charge in [-0.05, 0) is 32.0 Å². The second-order valence-corrected chi connectivity index (χ2v) is 7.45. The summed E-state index contributed by atoms with van der Waals surface area (Å²) in [5.74, 6) is -0.341. The van der Waals surface area contributed by atoms with Gasteiger partial charge in [0.2, 0.25) is 0 Å². The molecule has 2 aromatic carbocycles. The van der Waals surface area contributed by atoms with Crippen molar-refractivity contribution >= 4 is 33.4 Å². The van der Waals surface area contributed by atoms with E-state index in [0.717, 1.165) is 11.3 Å². The van der Waals surface area contributed by atoms with E-state index in [1.807, 2.05) is 36.6 Å². The van der Waals surface area contributed by atoms with Gasteiger partial charge in [0.1, 0.15) is 0 Å². The summed E-state index contributed by atoms with van der Waals surface area (Å²) < 4.78 is 1.38. The van der Waals surface area contributed by atoms with Gasteiger partial charge in [-0.3, -0.25) is 19.7 Å². The summed E-state index contributed by atoms with van der Waals surface area (Å²) in [6.07, 6.45) is 0. The predicted octanol–water partition coefficient (Wildman–Crippen LogP) is 3.39. The minimum atomic E-state index is -0.709. The van der Waals surface area contributed by atoms with Crippen LogP contribution in [0, 0.1) is 6.92 Å². The molecule has 146 valence electrons. The van der Waals surface area contributed by atoms with E-state index >= 15 is 0 Å². The van der Waals surface area contributed by atoms with Crippen molar-refractivity contribution < 1.29 is 4.79 Å². The second kappa shape index (κ2) is 7.48. The average Bonchev–Trinajstić information content (AvgIpc) is 3.17. The van der Waals surface area contributed by atoms with Crippen LogP contribution in [-0.2, 0) is 6.54 Å². The maximum absolute atomic E-state index is 12.6. The fourth-order valence-corrected chi connectivity index (χ4v) is 3.81. The highest BCUT2D eigenvalue weighted by Gasteiger charge is 2.13. The van der Waals surface area contributed by atoms with Gasteiger partial charge in [0.15, 0.2) is 5.13 Å². The topological polar surface area (TPSA) is 96.9 Å². The van der Waals surface area contributed by atoms with E-state index < -0.39 is 11.1 Å². The Kier molecular flexibility index (Phi) is 4.85. The minimum Gasteiger partial charge on any atom is -0.316 e. The van der Waals surface area contributed by atoms with Gasteiger partial charge in [0.05, 0.1) is 16.7 Å². The lowest BCUT2D eigenvalue weighted by Crippen LogP contribution is -2.36. The minimum absolute atomic E-state index is 0.341. The molecule has 0 aliphatic heterocycles. The Morgan fingerprint density at radius 1 is 1.17 bits per heavy atom. The molecule has 0 aliphatic rings. The van der Waals surface area contributed by atoms with Crippen LogP contribution in [0.4, 0.5) is 5.13 Å². The van der Waals surface area contributed by atoms with E-state index in [0.29, 0.717) is 28.3 Å². The van der Waals surface area contributed by atoms with Crippen molar-refractivity contribution in [2.24, 2.45) is 0 Å². The summed E-state index contributed by atoms with van der Waals surface area (Å²) in [5.41, 5.74) is 2.99. The molecule has 4 aromatic rings. The molecule has 0 radical (unpaired) electrons. The number of nitrogens with one attached hydrogen (secondary N) is 2. The number of carbonyl (C=O) groups is 1. The molecule has 2 N–H and O–H groups in total. The highest BCUT2D eigenvalue weighted by Crippen LogP contribution is 2.25. The van der Waals surface area contributed by atoms with Crippen LogP contribution in [0.2, 0.25) is 0 Å². The molecule has 2 heterocycles. The third-order valence-corrected chi connectivity index (χ3v) is 5.38. The number of benzene rings is 2. The van der Waals surface area contributed by atoms with E-state index in [4.69, 9.17) is 0 Å². The molecular formula is C21H18N4O3S. The maximum Gasteiger partial charge on any atom is 0.316 e. The Bertz CT molecular complexity index is 1330. The molecule has 0 bridgehead atoms. The lowest BCUT2D eigenvalue weighted by atomic mass is 10.1. The number of fused-ring (bicyclic) bond motifs is 1. The number of aromatic nitrogens is 3. The zero-order chi connectivity index (χ0) is 20.5. The largest absolute Gasteiger partial charge is 0.316 e. The van der Waals surface area contributed by atoms with E-state index in [2.05, 4.69) is 15.3 Å². The van der Waals surface area contributed by atoms with Crippen molar-refractivity contribution in [1.29, 1.82) is 0 Å². The van der Waals surface area contributed by atoms with Crippen molar-refractivity contribution in [3.63, 3.8) is 0 Å². The molecular weight excluding hydrogens is 388 g/mol. The van der Waals surface area contributed by atoms with Crippen molar-refractivity contribution in [2.75, 3.05) is 5.32 Å². The van der Waals surface area contributed by atoms with Crippen LogP contribution in [0.25, 0.3) is 22.3 Å². The summed E-state index contributed by atoms with van der Waals surface area (Å²) in [6, 6.07) is 12.8. The van der Waals surface area contributed by atoms with Gasteiger partial charge in [-0.2, -0.15) is 0 Å². The molecule has 7 nitrogen and oxygen atoms in total. The fourth-order valence-electron chi connectivity index (χ4n) is 3.09. The van der Waals surface area contributed by atoms with Crippen LogP contribution in [0.5, 0.6) is 0 Å². The summed E-state index contributed by atoms with van der Waals surface area (Å²) in [5, 5.41) is 5.16. The van der Waals surface area contributed by atoms with E-state index in [-0.39, 0.29) is 5.91 Å².